The van der Waals surface area contributed by atoms with Crippen molar-refractivity contribution in [1.29, 1.82) is 0 Å². The molecule has 1 aromatic heterocycles. The van der Waals surface area contributed by atoms with E-state index in [1.54, 1.807) is 13.8 Å². The Morgan fingerprint density at radius 3 is 2.35 bits per heavy atom. The van der Waals surface area contributed by atoms with Gasteiger partial charge in [0.2, 0.25) is 10.0 Å². The summed E-state index contributed by atoms with van der Waals surface area (Å²) in [4.78, 5) is 14.3. The fourth-order valence-electron chi connectivity index (χ4n) is 4.67. The van der Waals surface area contributed by atoms with Crippen LogP contribution in [0.15, 0.2) is 21.6 Å². The normalized spacial score (nSPS) is 19.3. The zero-order valence-electron chi connectivity index (χ0n) is 17.7. The first-order valence-electron chi connectivity index (χ1n) is 10.2. The molecule has 168 valence electrons. The van der Waals surface area contributed by atoms with Crippen LogP contribution in [0.4, 0.5) is 8.78 Å². The number of rotatable bonds is 3. The Hall–Kier alpha value is -2.33. The van der Waals surface area contributed by atoms with E-state index < -0.39 is 33.1 Å². The third-order valence-corrected chi connectivity index (χ3v) is 8.67. The molecule has 2 saturated heterocycles. The lowest BCUT2D eigenvalue weighted by Crippen LogP contribution is -2.45. The minimum absolute atomic E-state index is 0.113. The maximum Gasteiger partial charge on any atom is 0.259 e. The number of nitrogens with zero attached hydrogens (tertiary/aromatic N) is 3. The first-order valence-corrected chi connectivity index (χ1v) is 11.7. The third-order valence-electron chi connectivity index (χ3n) is 6.58. The molecule has 7 nitrogen and oxygen atoms in total. The Balaban J connectivity index is 1.47. The molecule has 1 amide bonds. The van der Waals surface area contributed by atoms with E-state index in [9.17, 15) is 22.0 Å². The highest BCUT2D eigenvalue weighted by Gasteiger charge is 2.46. The van der Waals surface area contributed by atoms with Crippen molar-refractivity contribution in [3.8, 4) is 0 Å². The van der Waals surface area contributed by atoms with Crippen molar-refractivity contribution in [2.45, 2.75) is 44.9 Å². The Morgan fingerprint density at radius 2 is 1.74 bits per heavy atom. The summed E-state index contributed by atoms with van der Waals surface area (Å²) in [6.45, 7) is 6.03. The second-order valence-corrected chi connectivity index (χ2v) is 10.5. The lowest BCUT2D eigenvalue weighted by Gasteiger charge is -2.39. The number of piperidine rings is 1. The van der Waals surface area contributed by atoms with E-state index in [1.165, 1.54) is 22.2 Å². The molecule has 2 aromatic rings. The first kappa shape index (κ1) is 21.9. The Kier molecular flexibility index (Phi) is 5.41. The number of carbonyl (C=O) groups excluding carboxylic acids is 1. The standard InChI is InChI=1S/C21H25F2N3O4S/c1-13-4-5-16(22)17(18(13)23)20(27)25-9-6-21(7-10-25)8-11-26(12-21)31(28,29)19-14(2)24-30-15(19)3/h4-5H,6-12H2,1-3H3. The van der Waals surface area contributed by atoms with Gasteiger partial charge in [-0.3, -0.25) is 4.79 Å². The van der Waals surface area contributed by atoms with Crippen LogP contribution in [0.3, 0.4) is 0 Å². The summed E-state index contributed by atoms with van der Waals surface area (Å²) < 4.78 is 61.2. The van der Waals surface area contributed by atoms with Gasteiger partial charge in [-0.1, -0.05) is 11.2 Å². The number of hydrogen-bond acceptors (Lipinski definition) is 5. The van der Waals surface area contributed by atoms with Crippen LogP contribution in [-0.4, -0.2) is 54.9 Å². The smallest absolute Gasteiger partial charge is 0.259 e. The van der Waals surface area contributed by atoms with Crippen molar-refractivity contribution in [3.63, 3.8) is 0 Å². The molecular weight excluding hydrogens is 428 g/mol. The molecule has 10 heteroatoms. The highest BCUT2D eigenvalue weighted by molar-refractivity contribution is 7.89. The van der Waals surface area contributed by atoms with Crippen molar-refractivity contribution in [2.24, 2.45) is 5.41 Å². The molecule has 2 aliphatic rings. The van der Waals surface area contributed by atoms with Crippen molar-refractivity contribution in [2.75, 3.05) is 26.2 Å². The summed E-state index contributed by atoms with van der Waals surface area (Å²) in [5, 5.41) is 3.75. The topological polar surface area (TPSA) is 83.7 Å². The number of sulfonamides is 1. The minimum Gasteiger partial charge on any atom is -0.360 e. The molecule has 2 fully saturated rings. The number of benzene rings is 1. The molecule has 1 aromatic carbocycles. The van der Waals surface area contributed by atoms with E-state index in [1.807, 2.05) is 0 Å². The number of amides is 1. The van der Waals surface area contributed by atoms with Crippen molar-refractivity contribution in [3.05, 3.63) is 46.3 Å². The van der Waals surface area contributed by atoms with Gasteiger partial charge < -0.3 is 9.42 Å². The molecule has 0 N–H and O–H groups in total. The minimum atomic E-state index is -3.72. The van der Waals surface area contributed by atoms with Gasteiger partial charge in [-0.05, 0) is 57.1 Å². The summed E-state index contributed by atoms with van der Waals surface area (Å²) in [5.41, 5.74) is -0.229. The zero-order chi connectivity index (χ0) is 22.6. The maximum absolute atomic E-state index is 14.4. The highest BCUT2D eigenvalue weighted by Crippen LogP contribution is 2.43. The first-order chi connectivity index (χ1) is 14.6. The van der Waals surface area contributed by atoms with Crippen LogP contribution >= 0.6 is 0 Å². The molecule has 0 radical (unpaired) electrons. The van der Waals surface area contributed by atoms with Gasteiger partial charge in [0, 0.05) is 26.2 Å². The molecule has 1 spiro atoms. The monoisotopic (exact) mass is 453 g/mol. The third kappa shape index (κ3) is 3.65. The SMILES string of the molecule is Cc1ccc(F)c(C(=O)N2CCC3(CC2)CCN(S(=O)(=O)c2c(C)noc2C)C3)c1F. The van der Waals surface area contributed by atoms with Gasteiger partial charge in [-0.25, -0.2) is 17.2 Å². The molecular formula is C21H25F2N3O4S. The molecule has 2 aliphatic heterocycles. The fraction of sp³-hybridized carbons (Fsp3) is 0.524. The number of aryl methyl sites for hydroxylation is 3. The number of halogens is 2. The second kappa shape index (κ2) is 7.67. The van der Waals surface area contributed by atoms with Crippen LogP contribution in [0.25, 0.3) is 0 Å². The van der Waals surface area contributed by atoms with Crippen LogP contribution in [0.1, 0.15) is 46.6 Å². The van der Waals surface area contributed by atoms with Crippen molar-refractivity contribution in [1.82, 2.24) is 14.4 Å². The van der Waals surface area contributed by atoms with Crippen LogP contribution in [0, 0.1) is 37.8 Å². The maximum atomic E-state index is 14.4. The van der Waals surface area contributed by atoms with Gasteiger partial charge >= 0.3 is 0 Å². The summed E-state index contributed by atoms with van der Waals surface area (Å²) in [5.74, 6) is -2.10. The highest BCUT2D eigenvalue weighted by atomic mass is 32.2. The number of likely N-dealkylation sites (tertiary alicyclic amines) is 1. The Morgan fingerprint density at radius 1 is 1.10 bits per heavy atom. The Bertz CT molecular complexity index is 1120. The molecule has 0 unspecified atom stereocenters. The van der Waals surface area contributed by atoms with E-state index >= 15 is 0 Å². The molecule has 3 heterocycles. The van der Waals surface area contributed by atoms with Crippen LogP contribution in [0.5, 0.6) is 0 Å². The second-order valence-electron chi connectivity index (χ2n) is 8.59. The summed E-state index contributed by atoms with van der Waals surface area (Å²) in [6.07, 6.45) is 1.81. The fourth-order valence-corrected chi connectivity index (χ4v) is 6.52. The Labute approximate surface area is 180 Å². The van der Waals surface area contributed by atoms with Gasteiger partial charge in [0.05, 0.1) is 0 Å². The lowest BCUT2D eigenvalue weighted by atomic mass is 9.77. The lowest BCUT2D eigenvalue weighted by molar-refractivity contribution is 0.0590. The van der Waals surface area contributed by atoms with Crippen LogP contribution < -0.4 is 0 Å². The summed E-state index contributed by atoms with van der Waals surface area (Å²) in [7, 11) is -3.72. The van der Waals surface area contributed by atoms with Crippen LogP contribution in [-0.2, 0) is 10.0 Å². The molecule has 0 bridgehead atoms. The average molecular weight is 454 g/mol. The number of carbonyl (C=O) groups is 1. The van der Waals surface area contributed by atoms with Gasteiger partial charge in [0.25, 0.3) is 5.91 Å². The quantitative estimate of drug-likeness (QED) is 0.713. The van der Waals surface area contributed by atoms with Gasteiger partial charge in [-0.2, -0.15) is 4.31 Å². The molecule has 0 saturated carbocycles. The van der Waals surface area contributed by atoms with E-state index in [2.05, 4.69) is 5.16 Å². The summed E-state index contributed by atoms with van der Waals surface area (Å²) >= 11 is 0. The van der Waals surface area contributed by atoms with Gasteiger partial charge in [0.15, 0.2) is 5.76 Å². The summed E-state index contributed by atoms with van der Waals surface area (Å²) in [6, 6.07) is 2.41. The molecule has 31 heavy (non-hydrogen) atoms. The van der Waals surface area contributed by atoms with Gasteiger partial charge in [0.1, 0.15) is 27.8 Å². The largest absolute Gasteiger partial charge is 0.360 e. The van der Waals surface area contributed by atoms with Crippen LogP contribution in [0.2, 0.25) is 0 Å². The number of hydrogen-bond donors (Lipinski definition) is 0. The van der Waals surface area contributed by atoms with Crippen molar-refractivity contribution >= 4 is 15.9 Å². The molecule has 4 rings (SSSR count). The zero-order valence-corrected chi connectivity index (χ0v) is 18.6. The molecule has 0 atom stereocenters. The van der Waals surface area contributed by atoms with E-state index in [0.29, 0.717) is 51.1 Å². The molecule has 0 aliphatic carbocycles. The van der Waals surface area contributed by atoms with E-state index in [-0.39, 0.29) is 21.6 Å². The van der Waals surface area contributed by atoms with E-state index in [4.69, 9.17) is 4.52 Å². The predicted molar refractivity (Wildman–Crippen MR) is 108 cm³/mol. The average Bonchev–Trinajstić information content (AvgIpc) is 3.29. The van der Waals surface area contributed by atoms with Gasteiger partial charge in [-0.15, -0.1) is 0 Å². The number of aromatic nitrogens is 1. The van der Waals surface area contributed by atoms with E-state index in [0.717, 1.165) is 6.07 Å². The predicted octanol–water partition coefficient (Wildman–Crippen LogP) is 3.20. The van der Waals surface area contributed by atoms with Crippen molar-refractivity contribution < 1.29 is 26.5 Å².